The summed E-state index contributed by atoms with van der Waals surface area (Å²) in [5, 5.41) is 0. The largest absolute Gasteiger partial charge is 0.357 e. The fourth-order valence-corrected chi connectivity index (χ4v) is 3.97. The Morgan fingerprint density at radius 1 is 1.09 bits per heavy atom. The minimum absolute atomic E-state index is 0.0889. The first-order valence-electron chi connectivity index (χ1n) is 7.48. The SMILES string of the molecule is O=S(=O)(NC1CCN(c2ccccn2)CC1)c1ccc(F)cc1. The smallest absolute Gasteiger partial charge is 0.240 e. The fourth-order valence-electron chi connectivity index (χ4n) is 2.67. The van der Waals surface area contributed by atoms with E-state index in [-0.39, 0.29) is 10.9 Å². The van der Waals surface area contributed by atoms with E-state index in [4.69, 9.17) is 0 Å². The van der Waals surface area contributed by atoms with E-state index < -0.39 is 15.8 Å². The second-order valence-corrected chi connectivity index (χ2v) is 7.24. The Labute approximate surface area is 135 Å². The molecule has 2 aromatic rings. The molecule has 1 aromatic heterocycles. The number of sulfonamides is 1. The average molecular weight is 335 g/mol. The molecule has 0 aliphatic carbocycles. The van der Waals surface area contributed by atoms with E-state index in [9.17, 15) is 12.8 Å². The van der Waals surface area contributed by atoms with Crippen LogP contribution in [0, 0.1) is 5.82 Å². The molecule has 0 unspecified atom stereocenters. The number of nitrogens with one attached hydrogen (secondary N) is 1. The van der Waals surface area contributed by atoms with Gasteiger partial charge in [0.1, 0.15) is 11.6 Å². The van der Waals surface area contributed by atoms with Gasteiger partial charge in [-0.3, -0.25) is 0 Å². The maximum Gasteiger partial charge on any atom is 0.240 e. The van der Waals surface area contributed by atoms with Crippen LogP contribution in [-0.4, -0.2) is 32.5 Å². The van der Waals surface area contributed by atoms with Gasteiger partial charge in [0, 0.05) is 25.3 Å². The van der Waals surface area contributed by atoms with Crippen LogP contribution in [0.15, 0.2) is 53.6 Å². The number of nitrogens with zero attached hydrogens (tertiary/aromatic N) is 2. The molecular weight excluding hydrogens is 317 g/mol. The second-order valence-electron chi connectivity index (χ2n) is 5.52. The summed E-state index contributed by atoms with van der Waals surface area (Å²) in [5.74, 6) is 0.458. The number of anilines is 1. The van der Waals surface area contributed by atoms with E-state index in [2.05, 4.69) is 14.6 Å². The van der Waals surface area contributed by atoms with Crippen LogP contribution in [0.1, 0.15) is 12.8 Å². The van der Waals surface area contributed by atoms with Crippen molar-refractivity contribution in [3.8, 4) is 0 Å². The van der Waals surface area contributed by atoms with Crippen LogP contribution < -0.4 is 9.62 Å². The molecule has 1 aromatic carbocycles. The summed E-state index contributed by atoms with van der Waals surface area (Å²) in [7, 11) is -3.61. The number of hydrogen-bond donors (Lipinski definition) is 1. The summed E-state index contributed by atoms with van der Waals surface area (Å²) in [6, 6.07) is 10.5. The highest BCUT2D eigenvalue weighted by Crippen LogP contribution is 2.19. The quantitative estimate of drug-likeness (QED) is 0.930. The monoisotopic (exact) mass is 335 g/mol. The van der Waals surface area contributed by atoms with Gasteiger partial charge in [-0.1, -0.05) is 6.07 Å². The third-order valence-electron chi connectivity index (χ3n) is 3.91. The predicted octanol–water partition coefficient (Wildman–Crippen LogP) is 2.17. The van der Waals surface area contributed by atoms with E-state index in [1.807, 2.05) is 18.2 Å². The highest BCUT2D eigenvalue weighted by atomic mass is 32.2. The number of rotatable bonds is 4. The first kappa shape index (κ1) is 15.9. The molecule has 1 fully saturated rings. The highest BCUT2D eigenvalue weighted by Gasteiger charge is 2.25. The van der Waals surface area contributed by atoms with Crippen molar-refractivity contribution in [3.63, 3.8) is 0 Å². The van der Waals surface area contributed by atoms with Crippen LogP contribution in [0.4, 0.5) is 10.2 Å². The van der Waals surface area contributed by atoms with Crippen molar-refractivity contribution in [3.05, 3.63) is 54.5 Å². The van der Waals surface area contributed by atoms with Gasteiger partial charge in [0.25, 0.3) is 0 Å². The van der Waals surface area contributed by atoms with Gasteiger partial charge in [0.2, 0.25) is 10.0 Å². The molecule has 2 heterocycles. The van der Waals surface area contributed by atoms with E-state index in [0.717, 1.165) is 31.0 Å². The number of pyridine rings is 1. The summed E-state index contributed by atoms with van der Waals surface area (Å²) in [4.78, 5) is 6.54. The summed E-state index contributed by atoms with van der Waals surface area (Å²) < 4.78 is 40.2. The van der Waals surface area contributed by atoms with Crippen molar-refractivity contribution in [1.29, 1.82) is 0 Å². The lowest BCUT2D eigenvalue weighted by Gasteiger charge is -2.32. The van der Waals surface area contributed by atoms with Crippen LogP contribution in [0.3, 0.4) is 0 Å². The molecule has 0 radical (unpaired) electrons. The zero-order valence-corrected chi connectivity index (χ0v) is 13.3. The summed E-state index contributed by atoms with van der Waals surface area (Å²) in [6.45, 7) is 1.49. The Bertz CT molecular complexity index is 743. The third-order valence-corrected chi connectivity index (χ3v) is 5.45. The normalized spacial score (nSPS) is 16.5. The lowest BCUT2D eigenvalue weighted by atomic mass is 10.1. The molecule has 1 aliphatic rings. The predicted molar refractivity (Wildman–Crippen MR) is 86.2 cm³/mol. The number of piperidine rings is 1. The van der Waals surface area contributed by atoms with Crippen molar-refractivity contribution < 1.29 is 12.8 Å². The van der Waals surface area contributed by atoms with Gasteiger partial charge >= 0.3 is 0 Å². The van der Waals surface area contributed by atoms with Crippen molar-refractivity contribution >= 4 is 15.8 Å². The van der Waals surface area contributed by atoms with Gasteiger partial charge in [-0.15, -0.1) is 0 Å². The molecule has 0 spiro atoms. The minimum Gasteiger partial charge on any atom is -0.357 e. The Hall–Kier alpha value is -1.99. The van der Waals surface area contributed by atoms with Gasteiger partial charge in [-0.2, -0.15) is 0 Å². The lowest BCUT2D eigenvalue weighted by molar-refractivity contribution is 0.458. The Balaban J connectivity index is 1.61. The Kier molecular flexibility index (Phi) is 4.58. The molecule has 5 nitrogen and oxygen atoms in total. The minimum atomic E-state index is -3.61. The van der Waals surface area contributed by atoms with Crippen LogP contribution >= 0.6 is 0 Å². The highest BCUT2D eigenvalue weighted by molar-refractivity contribution is 7.89. The van der Waals surface area contributed by atoms with Crippen LogP contribution in [0.5, 0.6) is 0 Å². The van der Waals surface area contributed by atoms with Gasteiger partial charge in [-0.25, -0.2) is 22.5 Å². The van der Waals surface area contributed by atoms with Crippen molar-refractivity contribution in [1.82, 2.24) is 9.71 Å². The lowest BCUT2D eigenvalue weighted by Crippen LogP contribution is -2.44. The van der Waals surface area contributed by atoms with E-state index in [1.54, 1.807) is 6.20 Å². The first-order chi connectivity index (χ1) is 11.0. The van der Waals surface area contributed by atoms with Gasteiger partial charge < -0.3 is 4.90 Å². The molecule has 3 rings (SSSR count). The van der Waals surface area contributed by atoms with Crippen LogP contribution in [-0.2, 0) is 10.0 Å². The standard InChI is InChI=1S/C16H18FN3O2S/c17-13-4-6-15(7-5-13)23(21,22)19-14-8-11-20(12-9-14)16-3-1-2-10-18-16/h1-7,10,14,19H,8-9,11-12H2. The molecule has 0 amide bonds. The molecule has 1 aliphatic heterocycles. The topological polar surface area (TPSA) is 62.3 Å². The molecule has 1 N–H and O–H groups in total. The van der Waals surface area contributed by atoms with Crippen molar-refractivity contribution in [2.45, 2.75) is 23.8 Å². The summed E-state index contributed by atoms with van der Waals surface area (Å²) in [5.41, 5.74) is 0. The summed E-state index contributed by atoms with van der Waals surface area (Å²) in [6.07, 6.45) is 3.16. The van der Waals surface area contributed by atoms with Crippen LogP contribution in [0.2, 0.25) is 0 Å². The maximum atomic E-state index is 12.9. The van der Waals surface area contributed by atoms with Crippen LogP contribution in [0.25, 0.3) is 0 Å². The molecule has 0 saturated carbocycles. The second kappa shape index (κ2) is 6.64. The van der Waals surface area contributed by atoms with Gasteiger partial charge in [0.15, 0.2) is 0 Å². The van der Waals surface area contributed by atoms with Crippen molar-refractivity contribution in [2.24, 2.45) is 0 Å². The molecule has 122 valence electrons. The average Bonchev–Trinajstić information content (AvgIpc) is 2.56. The molecule has 1 saturated heterocycles. The third kappa shape index (κ3) is 3.86. The molecule has 0 atom stereocenters. The summed E-state index contributed by atoms with van der Waals surface area (Å²) >= 11 is 0. The Morgan fingerprint density at radius 2 is 1.78 bits per heavy atom. The Morgan fingerprint density at radius 3 is 2.39 bits per heavy atom. The van der Waals surface area contributed by atoms with E-state index >= 15 is 0 Å². The number of aromatic nitrogens is 1. The first-order valence-corrected chi connectivity index (χ1v) is 8.97. The fraction of sp³-hybridized carbons (Fsp3) is 0.312. The maximum absolute atomic E-state index is 12.9. The molecular formula is C16H18FN3O2S. The number of hydrogen-bond acceptors (Lipinski definition) is 4. The zero-order chi connectivity index (χ0) is 16.3. The van der Waals surface area contributed by atoms with Crippen molar-refractivity contribution in [2.75, 3.05) is 18.0 Å². The van der Waals surface area contributed by atoms with E-state index in [1.165, 1.54) is 12.1 Å². The number of halogens is 1. The van der Waals surface area contributed by atoms with Gasteiger partial charge in [-0.05, 0) is 49.2 Å². The number of benzene rings is 1. The molecule has 0 bridgehead atoms. The van der Waals surface area contributed by atoms with Gasteiger partial charge in [0.05, 0.1) is 4.90 Å². The molecule has 23 heavy (non-hydrogen) atoms. The zero-order valence-electron chi connectivity index (χ0n) is 12.5. The molecule has 7 heteroatoms. The van der Waals surface area contributed by atoms with E-state index in [0.29, 0.717) is 12.8 Å².